The molecule has 0 aliphatic rings. The first kappa shape index (κ1) is 16.5. The van der Waals surface area contributed by atoms with Crippen molar-refractivity contribution in [3.8, 4) is 0 Å². The molecule has 3 unspecified atom stereocenters. The van der Waals surface area contributed by atoms with Gasteiger partial charge in [-0.3, -0.25) is 0 Å². The smallest absolute Gasteiger partial charge is 0.0743 e. The van der Waals surface area contributed by atoms with E-state index in [0.717, 1.165) is 15.0 Å². The van der Waals surface area contributed by atoms with E-state index in [-0.39, 0.29) is 11.4 Å². The van der Waals surface area contributed by atoms with E-state index in [0.29, 0.717) is 0 Å². The molecule has 1 aromatic rings. The molecule has 0 heterocycles. The SMILES string of the molecule is C=CC(NC)C(N)S/C(=C/PC)Cc1ccccc1. The Morgan fingerprint density at radius 1 is 1.47 bits per heavy atom. The van der Waals surface area contributed by atoms with Gasteiger partial charge in [-0.2, -0.15) is 0 Å². The Labute approximate surface area is 122 Å². The summed E-state index contributed by atoms with van der Waals surface area (Å²) in [5, 5.41) is 3.17. The van der Waals surface area contributed by atoms with Crippen molar-refractivity contribution in [1.82, 2.24) is 5.32 Å². The van der Waals surface area contributed by atoms with E-state index in [2.05, 4.69) is 48.6 Å². The molecule has 1 aromatic carbocycles. The highest BCUT2D eigenvalue weighted by Gasteiger charge is 2.15. The molecule has 0 fully saturated rings. The number of likely N-dealkylation sites (N-methyl/N-ethyl adjacent to an activating group) is 1. The van der Waals surface area contributed by atoms with Crippen LogP contribution in [0, 0.1) is 0 Å². The van der Waals surface area contributed by atoms with Gasteiger partial charge >= 0.3 is 0 Å². The minimum atomic E-state index is -0.00573. The third kappa shape index (κ3) is 5.92. The summed E-state index contributed by atoms with van der Waals surface area (Å²) in [5.74, 6) is 2.29. The molecule has 104 valence electrons. The molecule has 0 amide bonds. The molecule has 19 heavy (non-hydrogen) atoms. The molecule has 0 spiro atoms. The molecule has 0 aliphatic heterocycles. The van der Waals surface area contributed by atoms with Crippen molar-refractivity contribution in [2.24, 2.45) is 5.73 Å². The van der Waals surface area contributed by atoms with E-state index in [1.54, 1.807) is 11.8 Å². The van der Waals surface area contributed by atoms with Crippen molar-refractivity contribution in [2.75, 3.05) is 13.7 Å². The van der Waals surface area contributed by atoms with E-state index in [9.17, 15) is 0 Å². The third-order valence-electron chi connectivity index (χ3n) is 2.76. The largest absolute Gasteiger partial charge is 0.318 e. The molecule has 4 heteroatoms. The van der Waals surface area contributed by atoms with Crippen molar-refractivity contribution < 1.29 is 0 Å². The molecule has 0 saturated heterocycles. The number of hydrogen-bond acceptors (Lipinski definition) is 3. The lowest BCUT2D eigenvalue weighted by molar-refractivity contribution is 0.647. The average Bonchev–Trinajstić information content (AvgIpc) is 2.41. The van der Waals surface area contributed by atoms with Crippen LogP contribution in [-0.4, -0.2) is 25.1 Å². The van der Waals surface area contributed by atoms with Gasteiger partial charge in [-0.15, -0.1) is 26.9 Å². The van der Waals surface area contributed by atoms with Crippen LogP contribution in [0.15, 0.2) is 53.7 Å². The van der Waals surface area contributed by atoms with Crippen molar-refractivity contribution in [3.63, 3.8) is 0 Å². The van der Waals surface area contributed by atoms with Gasteiger partial charge < -0.3 is 11.1 Å². The number of nitrogens with one attached hydrogen (secondary N) is 1. The van der Waals surface area contributed by atoms with Gasteiger partial charge in [-0.1, -0.05) is 42.2 Å². The zero-order valence-corrected chi connectivity index (χ0v) is 13.4. The van der Waals surface area contributed by atoms with Crippen molar-refractivity contribution in [3.05, 3.63) is 59.3 Å². The first-order valence-electron chi connectivity index (χ1n) is 6.33. The summed E-state index contributed by atoms with van der Waals surface area (Å²) in [6, 6.07) is 10.6. The Bertz CT molecular complexity index is 406. The quantitative estimate of drug-likeness (QED) is 0.439. The fourth-order valence-corrected chi connectivity index (χ4v) is 3.79. The van der Waals surface area contributed by atoms with E-state index >= 15 is 0 Å². The highest BCUT2D eigenvalue weighted by atomic mass is 32.2. The van der Waals surface area contributed by atoms with Crippen molar-refractivity contribution in [1.29, 1.82) is 0 Å². The molecule has 0 radical (unpaired) electrons. The monoisotopic (exact) mass is 294 g/mol. The molecule has 1 rings (SSSR count). The Kier molecular flexibility index (Phi) is 8.08. The summed E-state index contributed by atoms with van der Waals surface area (Å²) >= 11 is 1.73. The maximum Gasteiger partial charge on any atom is 0.0743 e. The Morgan fingerprint density at radius 2 is 2.16 bits per heavy atom. The standard InChI is InChI=1S/C15H23N2PS/c1-4-14(17-2)15(16)19-13(11-18-3)10-12-8-6-5-7-9-12/h4-9,11,14-15,17-18H,1,10,16H2,2-3H3/b13-11+. The molecular weight excluding hydrogens is 271 g/mol. The second kappa shape index (κ2) is 9.33. The predicted molar refractivity (Wildman–Crippen MR) is 91.1 cm³/mol. The van der Waals surface area contributed by atoms with Crippen LogP contribution in [0.25, 0.3) is 0 Å². The predicted octanol–water partition coefficient (Wildman–Crippen LogP) is 3.17. The molecule has 2 nitrogen and oxygen atoms in total. The van der Waals surface area contributed by atoms with Gasteiger partial charge in [-0.05, 0) is 24.2 Å². The highest BCUT2D eigenvalue weighted by Crippen LogP contribution is 2.28. The average molecular weight is 294 g/mol. The van der Waals surface area contributed by atoms with E-state index in [1.807, 2.05) is 19.2 Å². The first-order valence-corrected chi connectivity index (χ1v) is 8.79. The van der Waals surface area contributed by atoms with E-state index < -0.39 is 0 Å². The summed E-state index contributed by atoms with van der Waals surface area (Å²) in [6.45, 7) is 6.00. The van der Waals surface area contributed by atoms with Crippen LogP contribution in [0.4, 0.5) is 0 Å². The van der Waals surface area contributed by atoms with Crippen LogP contribution in [0.5, 0.6) is 0 Å². The Hall–Kier alpha value is -0.600. The van der Waals surface area contributed by atoms with E-state index in [4.69, 9.17) is 5.73 Å². The van der Waals surface area contributed by atoms with Gasteiger partial charge in [0.05, 0.1) is 5.37 Å². The number of rotatable bonds is 8. The number of nitrogens with two attached hydrogens (primary N) is 1. The van der Waals surface area contributed by atoms with Gasteiger partial charge in [0, 0.05) is 12.5 Å². The number of allylic oxidation sites excluding steroid dienone is 1. The molecule has 0 saturated carbocycles. The topological polar surface area (TPSA) is 38.0 Å². The highest BCUT2D eigenvalue weighted by molar-refractivity contribution is 8.03. The summed E-state index contributed by atoms with van der Waals surface area (Å²) in [6.07, 6.45) is 2.82. The second-order valence-corrected chi connectivity index (χ2v) is 6.36. The fourth-order valence-electron chi connectivity index (χ4n) is 1.75. The van der Waals surface area contributed by atoms with Gasteiger partial charge in [0.15, 0.2) is 0 Å². The zero-order valence-electron chi connectivity index (χ0n) is 11.6. The lowest BCUT2D eigenvalue weighted by Gasteiger charge is -2.21. The van der Waals surface area contributed by atoms with Crippen LogP contribution in [-0.2, 0) is 6.42 Å². The van der Waals surface area contributed by atoms with Crippen molar-refractivity contribution in [2.45, 2.75) is 17.8 Å². The van der Waals surface area contributed by atoms with Crippen LogP contribution >= 0.6 is 20.3 Å². The van der Waals surface area contributed by atoms with Crippen LogP contribution in [0.2, 0.25) is 0 Å². The summed E-state index contributed by atoms with van der Waals surface area (Å²) < 4.78 is 0. The minimum absolute atomic E-state index is 0.00573. The molecule has 0 aromatic heterocycles. The maximum absolute atomic E-state index is 6.22. The van der Waals surface area contributed by atoms with Gasteiger partial charge in [0.2, 0.25) is 0 Å². The summed E-state index contributed by atoms with van der Waals surface area (Å²) in [5.41, 5.74) is 7.54. The fraction of sp³-hybridized carbons (Fsp3) is 0.333. The number of thioether (sulfide) groups is 1. The lowest BCUT2D eigenvalue weighted by atomic mass is 10.1. The van der Waals surface area contributed by atoms with Gasteiger partial charge in [0.25, 0.3) is 0 Å². The first-order chi connectivity index (χ1) is 9.21. The molecule has 0 bridgehead atoms. The molecule has 3 N–H and O–H groups in total. The maximum atomic E-state index is 6.22. The summed E-state index contributed by atoms with van der Waals surface area (Å²) in [7, 11) is 2.71. The van der Waals surface area contributed by atoms with Crippen LogP contribution < -0.4 is 11.1 Å². The lowest BCUT2D eigenvalue weighted by Crippen LogP contribution is -2.39. The zero-order chi connectivity index (χ0) is 14.1. The molecular formula is C15H23N2PS. The summed E-state index contributed by atoms with van der Waals surface area (Å²) in [4.78, 5) is 1.33. The van der Waals surface area contributed by atoms with Crippen LogP contribution in [0.1, 0.15) is 5.56 Å². The third-order valence-corrected chi connectivity index (χ3v) is 4.73. The number of benzene rings is 1. The van der Waals surface area contributed by atoms with Gasteiger partial charge in [-0.25, -0.2) is 0 Å². The second-order valence-electron chi connectivity index (χ2n) is 4.19. The number of hydrogen-bond donors (Lipinski definition) is 2. The Morgan fingerprint density at radius 3 is 2.68 bits per heavy atom. The van der Waals surface area contributed by atoms with Crippen molar-refractivity contribution >= 4 is 20.3 Å². The minimum Gasteiger partial charge on any atom is -0.318 e. The Balaban J connectivity index is 2.68. The molecule has 3 atom stereocenters. The van der Waals surface area contributed by atoms with Gasteiger partial charge in [0.1, 0.15) is 0 Å². The molecule has 0 aliphatic carbocycles. The normalized spacial score (nSPS) is 15.6. The van der Waals surface area contributed by atoms with Crippen LogP contribution in [0.3, 0.4) is 0 Å². The van der Waals surface area contributed by atoms with E-state index in [1.165, 1.54) is 10.5 Å².